The van der Waals surface area contributed by atoms with Crippen molar-refractivity contribution in [2.24, 2.45) is 0 Å². The summed E-state index contributed by atoms with van der Waals surface area (Å²) in [5.74, 6) is -0.963. The van der Waals surface area contributed by atoms with Gasteiger partial charge >= 0.3 is 7.60 Å². The predicted molar refractivity (Wildman–Crippen MR) is 85.0 cm³/mol. The molecular formula is C16H16NO3P. The topological polar surface area (TPSA) is 60.8 Å². The van der Waals surface area contributed by atoms with Crippen LogP contribution < -0.4 is 4.90 Å². The van der Waals surface area contributed by atoms with Crippen molar-refractivity contribution in [2.75, 3.05) is 11.9 Å². The summed E-state index contributed by atoms with van der Waals surface area (Å²) in [6, 6.07) is 17.0. The molecule has 2 aromatic rings. The number of likely N-dealkylation sites (N-methyl/N-ethyl adjacent to an activating group) is 1. The molecule has 1 aliphatic heterocycles. The molecule has 1 unspecified atom stereocenters. The lowest BCUT2D eigenvalue weighted by molar-refractivity contribution is 0.365. The Morgan fingerprint density at radius 2 is 1.62 bits per heavy atom. The van der Waals surface area contributed by atoms with E-state index in [1.807, 2.05) is 60.7 Å². The van der Waals surface area contributed by atoms with Crippen LogP contribution >= 0.6 is 7.60 Å². The van der Waals surface area contributed by atoms with Crippen LogP contribution in [0.2, 0.25) is 0 Å². The van der Waals surface area contributed by atoms with E-state index >= 15 is 0 Å². The lowest BCUT2D eigenvalue weighted by atomic mass is 9.97. The van der Waals surface area contributed by atoms with Crippen LogP contribution in [0, 0.1) is 0 Å². The molecule has 1 atom stereocenters. The fraction of sp³-hybridized carbons (Fsp3) is 0.125. The van der Waals surface area contributed by atoms with Gasteiger partial charge in [0.1, 0.15) is 0 Å². The molecule has 0 radical (unpaired) electrons. The molecule has 0 saturated heterocycles. The van der Waals surface area contributed by atoms with Crippen LogP contribution in [0.4, 0.5) is 5.69 Å². The summed E-state index contributed by atoms with van der Waals surface area (Å²) in [5.41, 5.74) is 3.26. The molecule has 5 heteroatoms. The van der Waals surface area contributed by atoms with Crippen molar-refractivity contribution in [1.82, 2.24) is 0 Å². The largest absolute Gasteiger partial charge is 0.356 e. The first-order chi connectivity index (χ1) is 9.98. The second kappa shape index (κ2) is 5.15. The van der Waals surface area contributed by atoms with Gasteiger partial charge < -0.3 is 14.7 Å². The van der Waals surface area contributed by atoms with Crippen LogP contribution in [-0.2, 0) is 4.57 Å². The number of nitrogens with zero attached hydrogens (tertiary/aromatic N) is 1. The lowest BCUT2D eigenvalue weighted by Gasteiger charge is -2.36. The number of benzene rings is 2. The minimum Gasteiger partial charge on any atom is -0.356 e. The van der Waals surface area contributed by atoms with Crippen LogP contribution in [0.25, 0.3) is 11.6 Å². The third-order valence-corrected chi connectivity index (χ3v) is 4.96. The van der Waals surface area contributed by atoms with E-state index in [2.05, 4.69) is 0 Å². The molecule has 3 rings (SSSR count). The van der Waals surface area contributed by atoms with Crippen molar-refractivity contribution >= 4 is 24.9 Å². The molecule has 2 aromatic carbocycles. The van der Waals surface area contributed by atoms with Crippen molar-refractivity contribution in [3.8, 4) is 0 Å². The van der Waals surface area contributed by atoms with E-state index in [1.54, 1.807) is 11.9 Å². The van der Waals surface area contributed by atoms with Crippen molar-refractivity contribution in [2.45, 2.75) is 5.78 Å². The second-order valence-electron chi connectivity index (χ2n) is 5.10. The first-order valence-corrected chi connectivity index (χ1v) is 8.31. The van der Waals surface area contributed by atoms with Gasteiger partial charge in [0.05, 0.1) is 0 Å². The van der Waals surface area contributed by atoms with E-state index in [-0.39, 0.29) is 0 Å². The molecule has 1 heterocycles. The number of rotatable bonds is 2. The average Bonchev–Trinajstić information content (AvgIpc) is 2.46. The van der Waals surface area contributed by atoms with Gasteiger partial charge in [-0.2, -0.15) is 0 Å². The summed E-state index contributed by atoms with van der Waals surface area (Å²) in [6.07, 6.45) is 1.87. The van der Waals surface area contributed by atoms with Crippen molar-refractivity contribution < 1.29 is 14.4 Å². The van der Waals surface area contributed by atoms with Gasteiger partial charge in [-0.1, -0.05) is 48.5 Å². The Hall–Kier alpha value is -1.87. The number of anilines is 1. The summed E-state index contributed by atoms with van der Waals surface area (Å²) < 4.78 is 12.0. The highest BCUT2D eigenvalue weighted by Gasteiger charge is 2.39. The summed E-state index contributed by atoms with van der Waals surface area (Å²) in [6.45, 7) is 0. The number of para-hydroxylation sites is 1. The van der Waals surface area contributed by atoms with E-state index in [0.29, 0.717) is 5.57 Å². The maximum Gasteiger partial charge on any atom is 0.352 e. The number of fused-ring (bicyclic) bond motifs is 1. The van der Waals surface area contributed by atoms with E-state index < -0.39 is 13.4 Å². The molecule has 0 bridgehead atoms. The Labute approximate surface area is 123 Å². The first kappa shape index (κ1) is 14.1. The minimum atomic E-state index is -4.32. The molecule has 1 aliphatic rings. The molecule has 0 saturated carbocycles. The van der Waals surface area contributed by atoms with Crippen LogP contribution in [0.3, 0.4) is 0 Å². The van der Waals surface area contributed by atoms with Gasteiger partial charge in [-0.15, -0.1) is 0 Å². The van der Waals surface area contributed by atoms with Gasteiger partial charge in [-0.3, -0.25) is 4.57 Å². The molecule has 0 aliphatic carbocycles. The molecule has 0 spiro atoms. The second-order valence-corrected chi connectivity index (χ2v) is 6.77. The van der Waals surface area contributed by atoms with E-state index in [9.17, 15) is 14.4 Å². The van der Waals surface area contributed by atoms with E-state index in [4.69, 9.17) is 0 Å². The Morgan fingerprint density at radius 3 is 2.29 bits per heavy atom. The normalized spacial score (nSPS) is 18.1. The van der Waals surface area contributed by atoms with Crippen LogP contribution in [0.5, 0.6) is 0 Å². The molecule has 108 valence electrons. The maximum absolute atomic E-state index is 12.0. The molecular weight excluding hydrogens is 285 g/mol. The van der Waals surface area contributed by atoms with Crippen molar-refractivity contribution in [1.29, 1.82) is 0 Å². The van der Waals surface area contributed by atoms with E-state index in [0.717, 1.165) is 16.8 Å². The Balaban J connectivity index is 2.23. The minimum absolute atomic E-state index is 0.644. The summed E-state index contributed by atoms with van der Waals surface area (Å²) >= 11 is 0. The smallest absolute Gasteiger partial charge is 0.352 e. The molecule has 2 N–H and O–H groups in total. The molecule has 0 amide bonds. The van der Waals surface area contributed by atoms with Crippen molar-refractivity contribution in [3.63, 3.8) is 0 Å². The van der Waals surface area contributed by atoms with Crippen LogP contribution in [0.15, 0.2) is 54.6 Å². The Morgan fingerprint density at radius 1 is 1.00 bits per heavy atom. The lowest BCUT2D eigenvalue weighted by Crippen LogP contribution is -2.35. The van der Waals surface area contributed by atoms with Gasteiger partial charge in [0, 0.05) is 12.7 Å². The van der Waals surface area contributed by atoms with E-state index in [1.165, 1.54) is 0 Å². The molecule has 0 aromatic heterocycles. The highest BCUT2D eigenvalue weighted by atomic mass is 31.2. The monoisotopic (exact) mass is 301 g/mol. The highest BCUT2D eigenvalue weighted by molar-refractivity contribution is 7.53. The highest BCUT2D eigenvalue weighted by Crippen LogP contribution is 2.53. The quantitative estimate of drug-likeness (QED) is 0.836. The number of hydrogen-bond acceptors (Lipinski definition) is 2. The zero-order valence-corrected chi connectivity index (χ0v) is 12.4. The Bertz CT molecular complexity index is 736. The standard InChI is InChI=1S/C16H16NO3P/c1-17-15-10-6-5-9-13(15)11-14(16(17)21(18,19)20)12-7-3-2-4-8-12/h2-11,16H,1H3,(H2,18,19,20). The maximum atomic E-state index is 12.0. The molecule has 0 fully saturated rings. The fourth-order valence-corrected chi connectivity index (χ4v) is 3.94. The van der Waals surface area contributed by atoms with Gasteiger partial charge in [0.15, 0.2) is 5.78 Å². The van der Waals surface area contributed by atoms with Crippen LogP contribution in [0.1, 0.15) is 11.1 Å². The predicted octanol–water partition coefficient (Wildman–Crippen LogP) is 3.18. The van der Waals surface area contributed by atoms with Gasteiger partial charge in [-0.05, 0) is 28.8 Å². The summed E-state index contributed by atoms with van der Waals surface area (Å²) in [7, 11) is -2.60. The van der Waals surface area contributed by atoms with Crippen molar-refractivity contribution in [3.05, 3.63) is 65.7 Å². The Kier molecular flexibility index (Phi) is 3.46. The third-order valence-electron chi connectivity index (χ3n) is 3.70. The summed E-state index contributed by atoms with van der Waals surface area (Å²) in [5, 5.41) is 0. The first-order valence-electron chi connectivity index (χ1n) is 6.62. The number of hydrogen-bond donors (Lipinski definition) is 2. The van der Waals surface area contributed by atoms with Gasteiger partial charge in [0.2, 0.25) is 0 Å². The zero-order valence-electron chi connectivity index (χ0n) is 11.5. The molecule has 21 heavy (non-hydrogen) atoms. The van der Waals surface area contributed by atoms with Gasteiger partial charge in [-0.25, -0.2) is 0 Å². The third kappa shape index (κ3) is 2.54. The van der Waals surface area contributed by atoms with Crippen LogP contribution in [-0.4, -0.2) is 22.6 Å². The fourth-order valence-electron chi connectivity index (χ4n) is 2.78. The summed E-state index contributed by atoms with van der Waals surface area (Å²) in [4.78, 5) is 21.3. The average molecular weight is 301 g/mol. The van der Waals surface area contributed by atoms with Gasteiger partial charge in [0.25, 0.3) is 0 Å². The zero-order chi connectivity index (χ0) is 15.0. The molecule has 4 nitrogen and oxygen atoms in total. The SMILES string of the molecule is CN1c2ccccc2C=C(c2ccccc2)C1P(=O)(O)O.